The zero-order valence-electron chi connectivity index (χ0n) is 12.3. The Hall–Kier alpha value is -1.87. The summed E-state index contributed by atoms with van der Waals surface area (Å²) in [5, 5.41) is 2.43. The van der Waals surface area contributed by atoms with Gasteiger partial charge in [0.1, 0.15) is 0 Å². The van der Waals surface area contributed by atoms with Crippen LogP contribution in [0.1, 0.15) is 28.4 Å². The van der Waals surface area contributed by atoms with E-state index in [4.69, 9.17) is 4.74 Å². The number of benzene rings is 2. The molecule has 0 spiro atoms. The highest BCUT2D eigenvalue weighted by Crippen LogP contribution is 2.33. The average Bonchev–Trinajstić information content (AvgIpc) is 2.92. The van der Waals surface area contributed by atoms with Crippen molar-refractivity contribution in [3.63, 3.8) is 0 Å². The van der Waals surface area contributed by atoms with Crippen LogP contribution in [-0.2, 0) is 17.6 Å². The van der Waals surface area contributed by atoms with E-state index in [1.807, 2.05) is 17.9 Å². The van der Waals surface area contributed by atoms with E-state index in [-0.39, 0.29) is 12.0 Å². The Balaban J connectivity index is 1.79. The summed E-state index contributed by atoms with van der Waals surface area (Å²) in [6.07, 6.45) is 2.32. The Morgan fingerprint density at radius 1 is 1.19 bits per heavy atom. The SMILES string of the molecule is C[C@H]1CN(C(=O)c2ccc3c4c(cccc24)CC3)CCO1. The number of hydrogen-bond acceptors (Lipinski definition) is 2. The Morgan fingerprint density at radius 3 is 2.81 bits per heavy atom. The fourth-order valence-electron chi connectivity index (χ4n) is 3.61. The van der Waals surface area contributed by atoms with Gasteiger partial charge in [-0.05, 0) is 47.7 Å². The summed E-state index contributed by atoms with van der Waals surface area (Å²) in [5.41, 5.74) is 3.60. The largest absolute Gasteiger partial charge is 0.375 e. The molecule has 21 heavy (non-hydrogen) atoms. The van der Waals surface area contributed by atoms with Crippen molar-refractivity contribution in [2.75, 3.05) is 19.7 Å². The lowest BCUT2D eigenvalue weighted by molar-refractivity contribution is -0.0123. The van der Waals surface area contributed by atoms with E-state index in [9.17, 15) is 4.79 Å². The fourth-order valence-corrected chi connectivity index (χ4v) is 3.61. The molecule has 0 radical (unpaired) electrons. The van der Waals surface area contributed by atoms with E-state index in [2.05, 4.69) is 24.3 Å². The molecule has 2 aromatic carbocycles. The number of carbonyl (C=O) groups excluding carboxylic acids is 1. The highest BCUT2D eigenvalue weighted by Gasteiger charge is 2.25. The summed E-state index contributed by atoms with van der Waals surface area (Å²) in [6, 6.07) is 10.5. The molecule has 2 aromatic rings. The molecule has 2 aliphatic rings. The Labute approximate surface area is 124 Å². The maximum absolute atomic E-state index is 12.9. The number of ether oxygens (including phenoxy) is 1. The van der Waals surface area contributed by atoms with Crippen molar-refractivity contribution in [1.29, 1.82) is 0 Å². The zero-order chi connectivity index (χ0) is 14.4. The summed E-state index contributed by atoms with van der Waals surface area (Å²) < 4.78 is 5.54. The molecule has 1 aliphatic heterocycles. The van der Waals surface area contributed by atoms with Gasteiger partial charge in [-0.15, -0.1) is 0 Å². The molecular formula is C18H19NO2. The Bertz CT molecular complexity index is 712. The predicted octanol–water partition coefficient (Wildman–Crippen LogP) is 2.80. The van der Waals surface area contributed by atoms with E-state index >= 15 is 0 Å². The maximum Gasteiger partial charge on any atom is 0.254 e. The summed E-state index contributed by atoms with van der Waals surface area (Å²) in [4.78, 5) is 14.8. The molecule has 1 fully saturated rings. The van der Waals surface area contributed by atoms with Gasteiger partial charge in [-0.1, -0.05) is 24.3 Å². The van der Waals surface area contributed by atoms with Crippen molar-refractivity contribution < 1.29 is 9.53 Å². The molecule has 0 aromatic heterocycles. The Morgan fingerprint density at radius 2 is 2.00 bits per heavy atom. The minimum Gasteiger partial charge on any atom is -0.375 e. The van der Waals surface area contributed by atoms with Crippen molar-refractivity contribution in [3.05, 3.63) is 47.0 Å². The molecule has 0 saturated carbocycles. The first-order valence-electron chi connectivity index (χ1n) is 7.68. The van der Waals surface area contributed by atoms with E-state index < -0.39 is 0 Å². The van der Waals surface area contributed by atoms with Gasteiger partial charge in [0.15, 0.2) is 0 Å². The van der Waals surface area contributed by atoms with Crippen molar-refractivity contribution in [2.24, 2.45) is 0 Å². The zero-order valence-corrected chi connectivity index (χ0v) is 12.3. The maximum atomic E-state index is 12.9. The van der Waals surface area contributed by atoms with Gasteiger partial charge in [0.05, 0.1) is 12.7 Å². The second kappa shape index (κ2) is 4.85. The van der Waals surface area contributed by atoms with Gasteiger partial charge in [0.2, 0.25) is 0 Å². The quantitative estimate of drug-likeness (QED) is 0.804. The van der Waals surface area contributed by atoms with Crippen LogP contribution in [0.25, 0.3) is 10.8 Å². The lowest BCUT2D eigenvalue weighted by Gasteiger charge is -2.31. The van der Waals surface area contributed by atoms with Crippen molar-refractivity contribution in [2.45, 2.75) is 25.9 Å². The predicted molar refractivity (Wildman–Crippen MR) is 82.7 cm³/mol. The highest BCUT2D eigenvalue weighted by atomic mass is 16.5. The number of nitrogens with zero attached hydrogens (tertiary/aromatic N) is 1. The van der Waals surface area contributed by atoms with Crippen LogP contribution in [0.15, 0.2) is 30.3 Å². The third-order valence-corrected chi connectivity index (χ3v) is 4.64. The molecule has 3 heteroatoms. The van der Waals surface area contributed by atoms with Crippen LogP contribution < -0.4 is 0 Å². The van der Waals surface area contributed by atoms with Crippen LogP contribution in [-0.4, -0.2) is 36.6 Å². The molecular weight excluding hydrogens is 262 g/mol. The van der Waals surface area contributed by atoms with E-state index in [1.54, 1.807) is 0 Å². The first-order valence-corrected chi connectivity index (χ1v) is 7.68. The minimum absolute atomic E-state index is 0.125. The molecule has 1 saturated heterocycles. The van der Waals surface area contributed by atoms with Gasteiger partial charge in [-0.3, -0.25) is 4.79 Å². The molecule has 0 bridgehead atoms. The highest BCUT2D eigenvalue weighted by molar-refractivity contribution is 6.09. The monoisotopic (exact) mass is 281 g/mol. The third-order valence-electron chi connectivity index (χ3n) is 4.64. The normalized spacial score (nSPS) is 21.0. The van der Waals surface area contributed by atoms with Gasteiger partial charge in [-0.2, -0.15) is 0 Å². The molecule has 1 heterocycles. The number of hydrogen-bond donors (Lipinski definition) is 0. The van der Waals surface area contributed by atoms with Crippen molar-refractivity contribution in [3.8, 4) is 0 Å². The van der Waals surface area contributed by atoms with Crippen molar-refractivity contribution in [1.82, 2.24) is 4.90 Å². The van der Waals surface area contributed by atoms with Crippen LogP contribution in [0.3, 0.4) is 0 Å². The number of rotatable bonds is 1. The van der Waals surface area contributed by atoms with E-state index in [0.717, 1.165) is 23.8 Å². The number of amides is 1. The number of morpholine rings is 1. The van der Waals surface area contributed by atoms with Crippen molar-refractivity contribution >= 4 is 16.7 Å². The van der Waals surface area contributed by atoms with Crippen LogP contribution >= 0.6 is 0 Å². The van der Waals surface area contributed by atoms with Crippen LogP contribution in [0.2, 0.25) is 0 Å². The van der Waals surface area contributed by atoms with Crippen LogP contribution in [0.4, 0.5) is 0 Å². The van der Waals surface area contributed by atoms with Crippen LogP contribution in [0.5, 0.6) is 0 Å². The van der Waals surface area contributed by atoms with E-state index in [1.165, 1.54) is 16.5 Å². The van der Waals surface area contributed by atoms with Gasteiger partial charge in [0.25, 0.3) is 5.91 Å². The summed E-state index contributed by atoms with van der Waals surface area (Å²) in [6.45, 7) is 4.02. The lowest BCUT2D eigenvalue weighted by atomic mass is 9.99. The molecule has 1 atom stereocenters. The molecule has 0 N–H and O–H groups in total. The fraction of sp³-hybridized carbons (Fsp3) is 0.389. The summed E-state index contributed by atoms with van der Waals surface area (Å²) >= 11 is 0. The molecule has 1 aliphatic carbocycles. The first kappa shape index (κ1) is 12.8. The lowest BCUT2D eigenvalue weighted by Crippen LogP contribution is -2.44. The summed E-state index contributed by atoms with van der Waals surface area (Å²) in [5.74, 6) is 0.140. The number of carbonyl (C=O) groups is 1. The second-order valence-corrected chi connectivity index (χ2v) is 6.04. The molecule has 0 unspecified atom stereocenters. The number of aryl methyl sites for hydroxylation is 2. The molecule has 4 rings (SSSR count). The average molecular weight is 281 g/mol. The Kier molecular flexibility index (Phi) is 2.96. The third kappa shape index (κ3) is 2.04. The summed E-state index contributed by atoms with van der Waals surface area (Å²) in [7, 11) is 0. The molecule has 1 amide bonds. The standard InChI is InChI=1S/C18H19NO2/c1-12-11-19(9-10-21-12)18(20)16-8-7-14-6-5-13-3-2-4-15(16)17(13)14/h2-4,7-8,12H,5-6,9-11H2,1H3/t12-/m0/s1. The molecule has 3 nitrogen and oxygen atoms in total. The van der Waals surface area contributed by atoms with Gasteiger partial charge in [0, 0.05) is 18.7 Å². The van der Waals surface area contributed by atoms with Crippen LogP contribution in [0, 0.1) is 0 Å². The minimum atomic E-state index is 0.125. The second-order valence-electron chi connectivity index (χ2n) is 6.04. The van der Waals surface area contributed by atoms with Gasteiger partial charge in [-0.25, -0.2) is 0 Å². The van der Waals surface area contributed by atoms with Gasteiger partial charge >= 0.3 is 0 Å². The van der Waals surface area contributed by atoms with Gasteiger partial charge < -0.3 is 9.64 Å². The van der Waals surface area contributed by atoms with E-state index in [0.29, 0.717) is 19.7 Å². The smallest absolute Gasteiger partial charge is 0.254 e. The topological polar surface area (TPSA) is 29.5 Å². The molecule has 108 valence electrons. The first-order chi connectivity index (χ1) is 10.2.